The molecule has 0 spiro atoms. The Hall–Kier alpha value is -1.22. The number of aliphatic hydroxyl groups excluding tert-OH is 3. The van der Waals surface area contributed by atoms with Crippen LogP contribution in [-0.2, 0) is 9.59 Å². The summed E-state index contributed by atoms with van der Waals surface area (Å²) >= 11 is 0. The van der Waals surface area contributed by atoms with Gasteiger partial charge in [-0.3, -0.25) is 0 Å². The molecule has 0 saturated carbocycles. The predicted octanol–water partition coefficient (Wildman–Crippen LogP) is -4.46. The molecule has 0 heterocycles. The number of carboxylic acid groups (broad SMARTS) is 2. The van der Waals surface area contributed by atoms with Gasteiger partial charge in [-0.05, 0) is 6.42 Å². The zero-order valence-corrected chi connectivity index (χ0v) is 8.87. The summed E-state index contributed by atoms with van der Waals surface area (Å²) in [4.78, 5) is 19.4. The van der Waals surface area contributed by atoms with E-state index < -0.39 is 24.1 Å². The van der Waals surface area contributed by atoms with Crippen LogP contribution in [0.4, 0.5) is 0 Å². The normalized spacial score (nSPS) is 15.3. The fourth-order valence-electron chi connectivity index (χ4n) is 0.393. The third-order valence-electron chi connectivity index (χ3n) is 1.63. The standard InChI is InChI=1S/C4H11NO.C4H6O6/c1-2-4(5)3-6;5-1(3(7)8)2(6)4(9)10/h4,6H,2-3,5H2,1H3;1-2,5-6H,(H,7,8)(H,9,10)/t4-;1-,2-/m01/s1. The number of rotatable bonds is 5. The maximum atomic E-state index is 9.74. The van der Waals surface area contributed by atoms with Crippen LogP contribution in [0.15, 0.2) is 0 Å². The molecule has 0 radical (unpaired) electrons. The van der Waals surface area contributed by atoms with Crippen LogP contribution in [0.25, 0.3) is 0 Å². The lowest BCUT2D eigenvalue weighted by Gasteiger charge is -2.13. The number of quaternary nitrogens is 1. The van der Waals surface area contributed by atoms with Gasteiger partial charge in [0.25, 0.3) is 0 Å². The summed E-state index contributed by atoms with van der Waals surface area (Å²) < 4.78 is 0. The molecular weight excluding hydrogens is 222 g/mol. The van der Waals surface area contributed by atoms with Crippen molar-refractivity contribution in [2.75, 3.05) is 6.61 Å². The van der Waals surface area contributed by atoms with Gasteiger partial charge in [0.1, 0.15) is 12.1 Å². The first-order chi connectivity index (χ1) is 7.27. The maximum Gasteiger partial charge on any atom is 0.335 e. The molecule has 0 bridgehead atoms. The molecule has 0 aromatic rings. The summed E-state index contributed by atoms with van der Waals surface area (Å²) in [7, 11) is 0. The van der Waals surface area contributed by atoms with Crippen LogP contribution < -0.4 is 10.8 Å². The van der Waals surface area contributed by atoms with Crippen LogP contribution in [-0.4, -0.2) is 57.2 Å². The third kappa shape index (κ3) is 8.12. The topological polar surface area (TPSA) is 166 Å². The molecule has 7 N–H and O–H groups in total. The molecule has 0 aliphatic heterocycles. The van der Waals surface area contributed by atoms with Crippen molar-refractivity contribution in [2.24, 2.45) is 0 Å². The molecule has 0 aliphatic carbocycles. The summed E-state index contributed by atoms with van der Waals surface area (Å²) in [5, 5.41) is 42.4. The van der Waals surface area contributed by atoms with Crippen LogP contribution >= 0.6 is 0 Å². The molecule has 8 heteroatoms. The number of aliphatic hydroxyl groups is 3. The van der Waals surface area contributed by atoms with Crippen LogP contribution in [0.1, 0.15) is 13.3 Å². The highest BCUT2D eigenvalue weighted by Gasteiger charge is 2.23. The van der Waals surface area contributed by atoms with E-state index in [9.17, 15) is 14.7 Å². The Morgan fingerprint density at radius 2 is 1.75 bits per heavy atom. The van der Waals surface area contributed by atoms with E-state index in [1.54, 1.807) is 0 Å². The fraction of sp³-hybridized carbons (Fsp3) is 0.750. The van der Waals surface area contributed by atoms with Gasteiger partial charge in [0.15, 0.2) is 6.10 Å². The van der Waals surface area contributed by atoms with Crippen molar-refractivity contribution in [2.45, 2.75) is 31.6 Å². The minimum Gasteiger partial charge on any atom is -0.547 e. The average molecular weight is 239 g/mol. The van der Waals surface area contributed by atoms with Crippen molar-refractivity contribution >= 4 is 11.9 Å². The quantitative estimate of drug-likeness (QED) is 0.322. The molecule has 0 saturated heterocycles. The summed E-state index contributed by atoms with van der Waals surface area (Å²) in [5.74, 6) is -3.83. The van der Waals surface area contributed by atoms with Crippen molar-refractivity contribution < 1.29 is 40.9 Å². The zero-order valence-electron chi connectivity index (χ0n) is 8.87. The molecule has 0 unspecified atom stereocenters. The number of hydrogen-bond donors (Lipinski definition) is 5. The molecule has 0 aromatic carbocycles. The Bertz CT molecular complexity index is 198. The number of carbonyl (C=O) groups is 2. The monoisotopic (exact) mass is 239 g/mol. The van der Waals surface area contributed by atoms with Crippen molar-refractivity contribution in [3.63, 3.8) is 0 Å². The van der Waals surface area contributed by atoms with Crippen LogP contribution in [0.5, 0.6) is 0 Å². The van der Waals surface area contributed by atoms with Gasteiger partial charge in [0, 0.05) is 0 Å². The second-order valence-electron chi connectivity index (χ2n) is 3.00. The highest BCUT2D eigenvalue weighted by atomic mass is 16.4. The minimum absolute atomic E-state index is 0.219. The first-order valence-corrected chi connectivity index (χ1v) is 4.51. The van der Waals surface area contributed by atoms with E-state index in [1.165, 1.54) is 0 Å². The Labute approximate surface area is 91.9 Å². The SMILES string of the molecule is CC[C@H]([NH3+])CO.O=C([O-])[C@H](O)[C@@H](O)C(=O)O. The van der Waals surface area contributed by atoms with Gasteiger partial charge >= 0.3 is 5.97 Å². The lowest BCUT2D eigenvalue weighted by molar-refractivity contribution is -0.425. The van der Waals surface area contributed by atoms with Crippen molar-refractivity contribution in [1.29, 1.82) is 0 Å². The lowest BCUT2D eigenvalue weighted by Crippen LogP contribution is -2.62. The predicted molar refractivity (Wildman–Crippen MR) is 48.7 cm³/mol. The fourth-order valence-corrected chi connectivity index (χ4v) is 0.393. The molecule has 3 atom stereocenters. The maximum absolute atomic E-state index is 9.74. The number of carbonyl (C=O) groups excluding carboxylic acids is 1. The van der Waals surface area contributed by atoms with Crippen molar-refractivity contribution in [3.05, 3.63) is 0 Å². The molecule has 0 aliphatic rings. The third-order valence-corrected chi connectivity index (χ3v) is 1.63. The van der Waals surface area contributed by atoms with E-state index >= 15 is 0 Å². The lowest BCUT2D eigenvalue weighted by atomic mass is 10.2. The van der Waals surface area contributed by atoms with Gasteiger partial charge in [-0.1, -0.05) is 6.92 Å². The van der Waals surface area contributed by atoms with Crippen molar-refractivity contribution in [1.82, 2.24) is 0 Å². The molecular formula is C8H17NO7. The summed E-state index contributed by atoms with van der Waals surface area (Å²) in [5.41, 5.74) is 3.62. The van der Waals surface area contributed by atoms with E-state index in [1.807, 2.05) is 6.92 Å². The highest BCUT2D eigenvalue weighted by Crippen LogP contribution is 1.90. The van der Waals surface area contributed by atoms with Crippen LogP contribution in [0, 0.1) is 0 Å². The van der Waals surface area contributed by atoms with Gasteiger partial charge < -0.3 is 36.1 Å². The van der Waals surface area contributed by atoms with Gasteiger partial charge in [-0.2, -0.15) is 0 Å². The molecule has 0 rings (SSSR count). The van der Waals surface area contributed by atoms with Crippen LogP contribution in [0.2, 0.25) is 0 Å². The summed E-state index contributed by atoms with van der Waals surface area (Å²) in [6.07, 6.45) is -3.74. The van der Waals surface area contributed by atoms with Gasteiger partial charge in [-0.15, -0.1) is 0 Å². The molecule has 8 nitrogen and oxygen atoms in total. The van der Waals surface area contributed by atoms with E-state index in [0.717, 1.165) is 6.42 Å². The van der Waals surface area contributed by atoms with E-state index in [4.69, 9.17) is 20.4 Å². The van der Waals surface area contributed by atoms with Crippen LogP contribution in [0.3, 0.4) is 0 Å². The molecule has 16 heavy (non-hydrogen) atoms. The van der Waals surface area contributed by atoms with E-state index in [-0.39, 0.29) is 12.6 Å². The Morgan fingerprint density at radius 1 is 1.31 bits per heavy atom. The van der Waals surface area contributed by atoms with E-state index in [2.05, 4.69) is 5.73 Å². The minimum atomic E-state index is -2.38. The summed E-state index contributed by atoms with van der Waals surface area (Å²) in [6, 6.07) is 0.241. The van der Waals surface area contributed by atoms with Crippen molar-refractivity contribution in [3.8, 4) is 0 Å². The average Bonchev–Trinajstić information content (AvgIpc) is 2.26. The Kier molecular flexibility index (Phi) is 9.71. The second kappa shape index (κ2) is 9.04. The van der Waals surface area contributed by atoms with Gasteiger partial charge in [0.2, 0.25) is 0 Å². The molecule has 0 amide bonds. The molecule has 0 aromatic heterocycles. The number of aliphatic carboxylic acids is 2. The van der Waals surface area contributed by atoms with E-state index in [0.29, 0.717) is 0 Å². The molecule has 96 valence electrons. The Morgan fingerprint density at radius 3 is 1.81 bits per heavy atom. The highest BCUT2D eigenvalue weighted by molar-refractivity contribution is 5.81. The number of carboxylic acids is 2. The summed E-state index contributed by atoms with van der Waals surface area (Å²) in [6.45, 7) is 2.23. The van der Waals surface area contributed by atoms with Gasteiger partial charge in [-0.25, -0.2) is 4.79 Å². The molecule has 0 fully saturated rings. The zero-order chi connectivity index (χ0) is 13.3. The second-order valence-corrected chi connectivity index (χ2v) is 3.00. The first-order valence-electron chi connectivity index (χ1n) is 4.51. The first kappa shape index (κ1) is 17.2. The Balaban J connectivity index is 0. The van der Waals surface area contributed by atoms with Gasteiger partial charge in [0.05, 0.1) is 12.6 Å². The number of hydrogen-bond acceptors (Lipinski definition) is 6. The smallest absolute Gasteiger partial charge is 0.335 e. The largest absolute Gasteiger partial charge is 0.547 e.